The lowest BCUT2D eigenvalue weighted by Crippen LogP contribution is -2.34. The topological polar surface area (TPSA) is 144 Å². The number of hydrogen-bond donors (Lipinski definition) is 3. The van der Waals surface area contributed by atoms with Crippen molar-refractivity contribution in [2.45, 2.75) is 33.2 Å². The van der Waals surface area contributed by atoms with Gasteiger partial charge in [0.05, 0.1) is 40.1 Å². The van der Waals surface area contributed by atoms with Gasteiger partial charge in [0, 0.05) is 31.6 Å². The van der Waals surface area contributed by atoms with E-state index in [1.54, 1.807) is 42.2 Å². The minimum Gasteiger partial charge on any atom is -0.382 e. The lowest BCUT2D eigenvalue weighted by Gasteiger charge is -2.19. The van der Waals surface area contributed by atoms with E-state index in [0.717, 1.165) is 37.3 Å². The first-order valence-corrected chi connectivity index (χ1v) is 15.6. The lowest BCUT2D eigenvalue weighted by molar-refractivity contribution is -0.577. The van der Waals surface area contributed by atoms with Gasteiger partial charge in [0.1, 0.15) is 18.2 Å². The van der Waals surface area contributed by atoms with E-state index in [1.165, 1.54) is 4.57 Å². The summed E-state index contributed by atoms with van der Waals surface area (Å²) in [5.41, 5.74) is 9.97. The third kappa shape index (κ3) is 6.08. The summed E-state index contributed by atoms with van der Waals surface area (Å²) in [6.07, 6.45) is 5.89. The number of aryl methyl sites for hydroxylation is 1. The standard InChI is InChI=1S/C35H36N10O2/c1-5-43(6-2)21-18-28-25(22-38-42(28)4)17-16-24-12-10-15-27-29(24)35(47)45(26-13-8-7-9-14-26)32(40-27)23(3)39-34(46)30-31(36)41-44-20-11-19-37-33(30)44/h7-15,19-20,22-23H,5-6,18,21H2,1-4H3,(H3,36,39,41,46)/p+1. The molecule has 12 heteroatoms. The highest BCUT2D eigenvalue weighted by Crippen LogP contribution is 2.22. The third-order valence-electron chi connectivity index (χ3n) is 8.33. The predicted octanol–water partition coefficient (Wildman–Crippen LogP) is 2.94. The molecule has 0 aliphatic heterocycles. The van der Waals surface area contributed by atoms with E-state index in [2.05, 4.69) is 51.1 Å². The molecule has 0 fully saturated rings. The number of likely N-dealkylation sites (N-methyl/N-ethyl adjacent to an activating group) is 1. The number of benzene rings is 2. The molecule has 0 aliphatic carbocycles. The number of nitrogens with zero attached hydrogens (tertiary/aromatic N) is 7. The Hall–Kier alpha value is -5.80. The highest BCUT2D eigenvalue weighted by atomic mass is 16.2. The number of para-hydroxylation sites is 1. The Kier molecular flexibility index (Phi) is 8.81. The Morgan fingerprint density at radius 1 is 1.09 bits per heavy atom. The third-order valence-corrected chi connectivity index (χ3v) is 8.33. The summed E-state index contributed by atoms with van der Waals surface area (Å²) in [4.78, 5) is 39.6. The Morgan fingerprint density at radius 2 is 1.85 bits per heavy atom. The van der Waals surface area contributed by atoms with Crippen LogP contribution >= 0.6 is 0 Å². The van der Waals surface area contributed by atoms with Crippen molar-refractivity contribution in [3.8, 4) is 17.5 Å². The molecule has 4 aromatic heterocycles. The second kappa shape index (κ2) is 13.3. The summed E-state index contributed by atoms with van der Waals surface area (Å²) < 4.78 is 4.97. The van der Waals surface area contributed by atoms with E-state index >= 15 is 0 Å². The molecule has 0 bridgehead atoms. The van der Waals surface area contributed by atoms with Crippen molar-refractivity contribution in [3.63, 3.8) is 0 Å². The number of fused-ring (bicyclic) bond motifs is 2. The molecule has 1 unspecified atom stereocenters. The van der Waals surface area contributed by atoms with Gasteiger partial charge in [-0.3, -0.25) is 18.8 Å². The van der Waals surface area contributed by atoms with Crippen LogP contribution in [0.15, 0.2) is 78.0 Å². The van der Waals surface area contributed by atoms with Gasteiger partial charge in [-0.05, 0) is 49.3 Å². The predicted molar refractivity (Wildman–Crippen MR) is 180 cm³/mol. The number of H-pyrrole nitrogens is 1. The summed E-state index contributed by atoms with van der Waals surface area (Å²) in [5, 5.41) is 10.7. The van der Waals surface area contributed by atoms with Crippen molar-refractivity contribution < 1.29 is 9.31 Å². The Labute approximate surface area is 271 Å². The van der Waals surface area contributed by atoms with Gasteiger partial charge >= 0.3 is 5.65 Å². The second-order valence-corrected chi connectivity index (χ2v) is 11.2. The Morgan fingerprint density at radius 3 is 2.62 bits per heavy atom. The summed E-state index contributed by atoms with van der Waals surface area (Å²) in [5.74, 6) is 6.61. The highest BCUT2D eigenvalue weighted by molar-refractivity contribution is 6.03. The number of amides is 1. The van der Waals surface area contributed by atoms with Crippen LogP contribution in [0.25, 0.3) is 22.2 Å². The van der Waals surface area contributed by atoms with Crippen molar-refractivity contribution in [2.75, 3.05) is 25.4 Å². The number of rotatable bonds is 9. The fourth-order valence-corrected chi connectivity index (χ4v) is 5.78. The molecule has 0 aliphatic rings. The average molecular weight is 630 g/mol. The first-order chi connectivity index (χ1) is 22.8. The molecule has 1 atom stereocenters. The van der Waals surface area contributed by atoms with Crippen LogP contribution in [-0.2, 0) is 13.5 Å². The maximum Gasteiger partial charge on any atom is 0.362 e. The number of carbonyl (C=O) groups excluding carboxylic acids is 1. The van der Waals surface area contributed by atoms with Crippen molar-refractivity contribution in [1.82, 2.24) is 39.6 Å². The van der Waals surface area contributed by atoms with Crippen LogP contribution in [0.4, 0.5) is 5.82 Å². The molecule has 0 saturated heterocycles. The monoisotopic (exact) mass is 629 g/mol. The van der Waals surface area contributed by atoms with Gasteiger partial charge in [0.25, 0.3) is 11.5 Å². The van der Waals surface area contributed by atoms with Gasteiger partial charge in [0.15, 0.2) is 11.4 Å². The van der Waals surface area contributed by atoms with E-state index in [9.17, 15) is 9.59 Å². The smallest absolute Gasteiger partial charge is 0.362 e. The number of carbonyl (C=O) groups is 1. The SMILES string of the molecule is CCN(CC)CCc1c(C#Cc2cccc3nc(C(C)NC(=O)c4c(N)[nH][n+]5cccnc45)n(-c4ccccc4)c(=O)c23)cnn1C. The summed E-state index contributed by atoms with van der Waals surface area (Å²) >= 11 is 0. The van der Waals surface area contributed by atoms with Gasteiger partial charge in [-0.15, -0.1) is 4.52 Å². The molecule has 238 valence electrons. The molecule has 0 saturated carbocycles. The van der Waals surface area contributed by atoms with Gasteiger partial charge in [-0.25, -0.2) is 10.1 Å². The largest absolute Gasteiger partial charge is 0.382 e. The molecular formula is C35H37N10O2+. The van der Waals surface area contributed by atoms with E-state index in [0.29, 0.717) is 33.6 Å². The normalized spacial score (nSPS) is 11.9. The Balaban J connectivity index is 1.42. The molecule has 6 aromatic rings. The van der Waals surface area contributed by atoms with Crippen molar-refractivity contribution in [3.05, 3.63) is 112 Å². The van der Waals surface area contributed by atoms with Gasteiger partial charge in [-0.2, -0.15) is 5.10 Å². The molecule has 47 heavy (non-hydrogen) atoms. The lowest BCUT2D eigenvalue weighted by atomic mass is 10.1. The molecular weight excluding hydrogens is 592 g/mol. The van der Waals surface area contributed by atoms with Crippen molar-refractivity contribution in [1.29, 1.82) is 0 Å². The maximum absolute atomic E-state index is 14.4. The quantitative estimate of drug-likeness (QED) is 0.165. The number of nitrogen functional groups attached to an aromatic ring is 1. The number of aromatic nitrogens is 7. The summed E-state index contributed by atoms with van der Waals surface area (Å²) in [6.45, 7) is 8.94. The molecule has 2 aromatic carbocycles. The van der Waals surface area contributed by atoms with Crippen molar-refractivity contribution in [2.24, 2.45) is 7.05 Å². The minimum absolute atomic E-state index is 0.174. The minimum atomic E-state index is -0.684. The molecule has 4 N–H and O–H groups in total. The number of hydrogen-bond acceptors (Lipinski definition) is 7. The van der Waals surface area contributed by atoms with Crippen molar-refractivity contribution >= 4 is 28.3 Å². The van der Waals surface area contributed by atoms with E-state index < -0.39 is 11.9 Å². The molecule has 12 nitrogen and oxygen atoms in total. The number of nitrogens with two attached hydrogens (primary N) is 1. The van der Waals surface area contributed by atoms with Crippen LogP contribution in [0.3, 0.4) is 0 Å². The maximum atomic E-state index is 14.4. The van der Waals surface area contributed by atoms with E-state index in [1.807, 2.05) is 54.2 Å². The van der Waals surface area contributed by atoms with Gasteiger partial charge in [-0.1, -0.05) is 50.0 Å². The zero-order chi connectivity index (χ0) is 33.1. The molecule has 0 radical (unpaired) electrons. The van der Waals surface area contributed by atoms with Crippen LogP contribution in [-0.4, -0.2) is 59.9 Å². The first kappa shape index (κ1) is 31.2. The first-order valence-electron chi connectivity index (χ1n) is 15.6. The van der Waals surface area contributed by atoms with Gasteiger partial charge < -0.3 is 16.0 Å². The van der Waals surface area contributed by atoms with Crippen LogP contribution in [0.5, 0.6) is 0 Å². The molecule has 4 heterocycles. The summed E-state index contributed by atoms with van der Waals surface area (Å²) in [6, 6.07) is 15.7. The van der Waals surface area contributed by atoms with Crippen LogP contribution in [0.2, 0.25) is 0 Å². The van der Waals surface area contributed by atoms with Crippen LogP contribution < -0.4 is 21.1 Å². The van der Waals surface area contributed by atoms with Crippen LogP contribution in [0, 0.1) is 11.8 Å². The zero-order valence-corrected chi connectivity index (χ0v) is 26.9. The fourth-order valence-electron chi connectivity index (χ4n) is 5.78. The van der Waals surface area contributed by atoms with E-state index in [4.69, 9.17) is 10.7 Å². The fraction of sp³-hybridized carbons (Fsp3) is 0.257. The number of anilines is 1. The number of aromatic amines is 1. The molecule has 1 amide bonds. The molecule has 6 rings (SSSR count). The number of nitrogens with one attached hydrogen (secondary N) is 2. The summed E-state index contributed by atoms with van der Waals surface area (Å²) in [7, 11) is 1.92. The van der Waals surface area contributed by atoms with Crippen LogP contribution in [0.1, 0.15) is 59.8 Å². The average Bonchev–Trinajstić information content (AvgIpc) is 3.61. The Bertz CT molecular complexity index is 2200. The zero-order valence-electron chi connectivity index (χ0n) is 26.9. The van der Waals surface area contributed by atoms with E-state index in [-0.39, 0.29) is 16.9 Å². The second-order valence-electron chi connectivity index (χ2n) is 11.2. The molecule has 0 spiro atoms. The van der Waals surface area contributed by atoms with Gasteiger partial charge in [0.2, 0.25) is 0 Å². The highest BCUT2D eigenvalue weighted by Gasteiger charge is 2.27.